The largest absolute Gasteiger partial charge is 0.368 e. The predicted octanol–water partition coefficient (Wildman–Crippen LogP) is 6.19. The number of benzene rings is 3. The van der Waals surface area contributed by atoms with Crippen LogP contribution >= 0.6 is 0 Å². The van der Waals surface area contributed by atoms with Crippen molar-refractivity contribution >= 4 is 0 Å². The van der Waals surface area contributed by atoms with Crippen molar-refractivity contribution in [2.45, 2.75) is 0 Å². The number of allylic oxidation sites excluding steroid dienone is 4. The molecule has 1 N–H and O–H groups in total. The molecule has 1 heterocycles. The van der Waals surface area contributed by atoms with Crippen molar-refractivity contribution in [3.8, 4) is 22.3 Å². The van der Waals surface area contributed by atoms with Crippen molar-refractivity contribution in [1.82, 2.24) is 5.32 Å². The van der Waals surface area contributed by atoms with Gasteiger partial charge in [-0.25, -0.2) is 0 Å². The summed E-state index contributed by atoms with van der Waals surface area (Å²) in [7, 11) is 0. The molecule has 0 spiro atoms. The van der Waals surface area contributed by atoms with Gasteiger partial charge in [0.15, 0.2) is 0 Å². The minimum absolute atomic E-state index is 1.26. The normalized spacial score (nSPS) is 11.8. The van der Waals surface area contributed by atoms with Gasteiger partial charge in [-0.1, -0.05) is 97.1 Å². The number of hydrogen-bond acceptors (Lipinski definition) is 1. The van der Waals surface area contributed by atoms with Crippen LogP contribution in [0.5, 0.6) is 0 Å². The van der Waals surface area contributed by atoms with Crippen LogP contribution in [0, 0.1) is 0 Å². The van der Waals surface area contributed by atoms with Crippen molar-refractivity contribution in [1.29, 1.82) is 0 Å². The number of nitrogens with one attached hydrogen (secondary N) is 1. The van der Waals surface area contributed by atoms with Gasteiger partial charge in [0.25, 0.3) is 0 Å². The van der Waals surface area contributed by atoms with Gasteiger partial charge < -0.3 is 5.32 Å². The Morgan fingerprint density at radius 1 is 0.400 bits per heavy atom. The van der Waals surface area contributed by atoms with Crippen LogP contribution in [-0.2, 0) is 0 Å². The maximum absolute atomic E-state index is 2.92. The Morgan fingerprint density at radius 3 is 1.24 bits per heavy atom. The van der Waals surface area contributed by atoms with E-state index in [1.165, 1.54) is 22.3 Å². The lowest BCUT2D eigenvalue weighted by atomic mass is 9.95. The fourth-order valence-electron chi connectivity index (χ4n) is 2.63. The van der Waals surface area contributed by atoms with E-state index in [9.17, 15) is 0 Å². The zero-order valence-electron chi connectivity index (χ0n) is 14.0. The molecule has 0 bridgehead atoms. The Bertz CT molecular complexity index is 786. The molecule has 0 radical (unpaired) electrons. The lowest BCUT2D eigenvalue weighted by molar-refractivity contribution is 1.20. The van der Waals surface area contributed by atoms with Crippen LogP contribution in [-0.4, -0.2) is 0 Å². The SMILES string of the molecule is C1=CC=CNC=C1.c1ccc(-c2ccccc2-c2ccccc2)cc1. The molecule has 0 aliphatic carbocycles. The maximum Gasteiger partial charge on any atom is 0.000442 e. The van der Waals surface area contributed by atoms with Crippen molar-refractivity contribution in [3.05, 3.63) is 122 Å². The third-order valence-electron chi connectivity index (χ3n) is 3.81. The maximum atomic E-state index is 2.92. The average molecular weight is 323 g/mol. The molecule has 0 atom stereocenters. The summed E-state index contributed by atoms with van der Waals surface area (Å²) in [5.74, 6) is 0. The fraction of sp³-hybridized carbons (Fsp3) is 0. The molecule has 0 unspecified atom stereocenters. The van der Waals surface area contributed by atoms with Crippen LogP contribution in [0.3, 0.4) is 0 Å². The van der Waals surface area contributed by atoms with E-state index in [1.807, 2.05) is 36.7 Å². The minimum Gasteiger partial charge on any atom is -0.368 e. The molecule has 1 heteroatoms. The molecule has 3 aromatic rings. The van der Waals surface area contributed by atoms with Gasteiger partial charge in [-0.3, -0.25) is 0 Å². The highest BCUT2D eigenvalue weighted by Gasteiger charge is 2.05. The van der Waals surface area contributed by atoms with Crippen molar-refractivity contribution < 1.29 is 0 Å². The van der Waals surface area contributed by atoms with Gasteiger partial charge in [-0.05, 0) is 34.4 Å². The summed E-state index contributed by atoms with van der Waals surface area (Å²) >= 11 is 0. The molecule has 25 heavy (non-hydrogen) atoms. The highest BCUT2D eigenvalue weighted by Crippen LogP contribution is 2.31. The summed E-state index contributed by atoms with van der Waals surface area (Å²) < 4.78 is 0. The summed E-state index contributed by atoms with van der Waals surface area (Å²) in [5, 5.41) is 2.92. The summed E-state index contributed by atoms with van der Waals surface area (Å²) in [5.41, 5.74) is 5.09. The van der Waals surface area contributed by atoms with Gasteiger partial charge in [0, 0.05) is 12.4 Å². The van der Waals surface area contributed by atoms with E-state index in [2.05, 4.69) is 90.2 Å². The molecule has 0 saturated carbocycles. The molecule has 1 aliphatic rings. The molecular formula is C24H21N. The number of rotatable bonds is 2. The summed E-state index contributed by atoms with van der Waals surface area (Å²) in [6, 6.07) is 29.6. The summed E-state index contributed by atoms with van der Waals surface area (Å²) in [6.07, 6.45) is 11.6. The first kappa shape index (κ1) is 16.5. The van der Waals surface area contributed by atoms with Crippen LogP contribution in [0.1, 0.15) is 0 Å². The Kier molecular flexibility index (Phi) is 6.01. The van der Waals surface area contributed by atoms with E-state index in [1.54, 1.807) is 0 Å². The van der Waals surface area contributed by atoms with E-state index in [0.717, 1.165) is 0 Å². The third kappa shape index (κ3) is 4.82. The zero-order valence-corrected chi connectivity index (χ0v) is 14.0. The van der Waals surface area contributed by atoms with Crippen molar-refractivity contribution in [2.24, 2.45) is 0 Å². The van der Waals surface area contributed by atoms with Crippen LogP contribution in [0.15, 0.2) is 122 Å². The van der Waals surface area contributed by atoms with Crippen LogP contribution in [0.2, 0.25) is 0 Å². The first-order valence-electron chi connectivity index (χ1n) is 8.39. The van der Waals surface area contributed by atoms with Gasteiger partial charge in [0.1, 0.15) is 0 Å². The van der Waals surface area contributed by atoms with E-state index < -0.39 is 0 Å². The van der Waals surface area contributed by atoms with Gasteiger partial charge in [0.2, 0.25) is 0 Å². The highest BCUT2D eigenvalue weighted by atomic mass is 14.8. The lowest BCUT2D eigenvalue weighted by Gasteiger charge is -2.09. The average Bonchev–Trinajstić information content (AvgIpc) is 3.03. The second kappa shape index (κ2) is 9.09. The quantitative estimate of drug-likeness (QED) is 0.592. The lowest BCUT2D eigenvalue weighted by Crippen LogP contribution is -1.87. The van der Waals surface area contributed by atoms with Gasteiger partial charge in [0.05, 0.1) is 0 Å². The highest BCUT2D eigenvalue weighted by molar-refractivity contribution is 5.83. The Morgan fingerprint density at radius 2 is 0.800 bits per heavy atom. The zero-order chi connectivity index (χ0) is 17.2. The van der Waals surface area contributed by atoms with Gasteiger partial charge >= 0.3 is 0 Å². The van der Waals surface area contributed by atoms with E-state index in [4.69, 9.17) is 0 Å². The smallest absolute Gasteiger partial charge is 0.000442 e. The van der Waals surface area contributed by atoms with E-state index in [-0.39, 0.29) is 0 Å². The second-order valence-corrected chi connectivity index (χ2v) is 5.55. The van der Waals surface area contributed by atoms with Gasteiger partial charge in [-0.2, -0.15) is 0 Å². The molecule has 0 fully saturated rings. The Labute approximate surface area is 149 Å². The summed E-state index contributed by atoms with van der Waals surface area (Å²) in [4.78, 5) is 0. The second-order valence-electron chi connectivity index (χ2n) is 5.55. The van der Waals surface area contributed by atoms with Crippen molar-refractivity contribution in [3.63, 3.8) is 0 Å². The molecule has 0 saturated heterocycles. The van der Waals surface area contributed by atoms with Gasteiger partial charge in [-0.15, -0.1) is 0 Å². The van der Waals surface area contributed by atoms with E-state index >= 15 is 0 Å². The molecule has 4 rings (SSSR count). The molecule has 1 nitrogen and oxygen atoms in total. The molecule has 3 aromatic carbocycles. The van der Waals surface area contributed by atoms with E-state index in [0.29, 0.717) is 0 Å². The third-order valence-corrected chi connectivity index (χ3v) is 3.81. The monoisotopic (exact) mass is 323 g/mol. The minimum atomic E-state index is 1.26. The van der Waals surface area contributed by atoms with Crippen molar-refractivity contribution in [2.75, 3.05) is 0 Å². The Hall–Kier alpha value is -3.32. The Balaban J connectivity index is 0.000000219. The molecule has 1 aliphatic heterocycles. The topological polar surface area (TPSA) is 12.0 Å². The molecular weight excluding hydrogens is 302 g/mol. The number of hydrogen-bond donors (Lipinski definition) is 1. The molecule has 122 valence electrons. The predicted molar refractivity (Wildman–Crippen MR) is 108 cm³/mol. The first-order chi connectivity index (χ1) is 12.4. The molecule has 0 amide bonds. The van der Waals surface area contributed by atoms with Crippen LogP contribution in [0.4, 0.5) is 0 Å². The van der Waals surface area contributed by atoms with Crippen LogP contribution < -0.4 is 5.32 Å². The van der Waals surface area contributed by atoms with Crippen LogP contribution in [0.25, 0.3) is 22.3 Å². The first-order valence-corrected chi connectivity index (χ1v) is 8.39. The fourth-order valence-corrected chi connectivity index (χ4v) is 2.63. The standard InChI is InChI=1S/C18H14.C6H7N/c1-3-9-15(10-4-1)17-13-7-8-14-18(17)16-11-5-2-6-12-16;1-2-4-6-7-5-3-1/h1-14H;1-7H. The summed E-state index contributed by atoms with van der Waals surface area (Å²) in [6.45, 7) is 0. The molecule has 0 aromatic heterocycles.